The van der Waals surface area contributed by atoms with Crippen LogP contribution in [-0.2, 0) is 9.47 Å². The second-order valence-corrected chi connectivity index (χ2v) is 7.91. The molecule has 27 heavy (non-hydrogen) atoms. The third-order valence-electron chi connectivity index (χ3n) is 3.81. The molecule has 148 valence electrons. The van der Waals surface area contributed by atoms with Gasteiger partial charge in [0.05, 0.1) is 11.6 Å². The maximum absolute atomic E-state index is 14.0. The first-order chi connectivity index (χ1) is 12.6. The number of rotatable bonds is 4. The molecule has 0 atom stereocenters. The maximum atomic E-state index is 14.0. The lowest BCUT2D eigenvalue weighted by Crippen LogP contribution is -2.39. The number of hydrogen-bond donors (Lipinski definition) is 0. The van der Waals surface area contributed by atoms with Gasteiger partial charge in [0.2, 0.25) is 0 Å². The van der Waals surface area contributed by atoms with Gasteiger partial charge in [-0.1, -0.05) is 6.08 Å². The Morgan fingerprint density at radius 3 is 2.56 bits per heavy atom. The Bertz CT molecular complexity index is 757. The number of amides is 1. The maximum Gasteiger partial charge on any atom is 0.410 e. The summed E-state index contributed by atoms with van der Waals surface area (Å²) in [6.07, 6.45) is 2.11. The molecule has 0 aliphatic carbocycles. The highest BCUT2D eigenvalue weighted by Crippen LogP contribution is 2.32. The van der Waals surface area contributed by atoms with Gasteiger partial charge in [-0.15, -0.1) is 0 Å². The van der Waals surface area contributed by atoms with Gasteiger partial charge in [-0.3, -0.25) is 0 Å². The third-order valence-corrected chi connectivity index (χ3v) is 4.43. The van der Waals surface area contributed by atoms with Crippen molar-refractivity contribution in [3.8, 4) is 5.75 Å². The molecule has 6 nitrogen and oxygen atoms in total. The molecule has 0 saturated heterocycles. The van der Waals surface area contributed by atoms with Crippen molar-refractivity contribution >= 4 is 28.0 Å². The van der Waals surface area contributed by atoms with Crippen LogP contribution in [0.3, 0.4) is 0 Å². The molecule has 0 saturated carbocycles. The highest BCUT2D eigenvalue weighted by Gasteiger charge is 2.25. The van der Waals surface area contributed by atoms with Crippen molar-refractivity contribution in [3.05, 3.63) is 39.6 Å². The van der Waals surface area contributed by atoms with Crippen molar-refractivity contribution in [1.29, 1.82) is 0 Å². The lowest BCUT2D eigenvalue weighted by Gasteiger charge is -2.29. The number of methoxy groups -OCH3 is 1. The van der Waals surface area contributed by atoms with E-state index in [4.69, 9.17) is 9.47 Å². The minimum absolute atomic E-state index is 0.0947. The highest BCUT2D eigenvalue weighted by molar-refractivity contribution is 9.10. The fraction of sp³-hybridized carbons (Fsp3) is 0.474. The van der Waals surface area contributed by atoms with Gasteiger partial charge in [-0.2, -0.15) is 0 Å². The molecule has 1 aliphatic heterocycles. The molecule has 0 fully saturated rings. The second-order valence-electron chi connectivity index (χ2n) is 7.05. The van der Waals surface area contributed by atoms with E-state index in [2.05, 4.69) is 20.7 Å². The standard InChI is InChI=1S/C19H23BrFNO5/c1-19(2,3)27-18(24)22-9-7-12(8-10-22)11-26-16-13(20)5-6-14(21)15(16)17(23)25-4/h5-7H,8-11H2,1-4H3. The minimum atomic E-state index is -0.808. The topological polar surface area (TPSA) is 65.1 Å². The summed E-state index contributed by atoms with van der Waals surface area (Å²) >= 11 is 3.27. The zero-order valence-corrected chi connectivity index (χ0v) is 17.4. The van der Waals surface area contributed by atoms with E-state index in [0.29, 0.717) is 24.0 Å². The molecule has 1 heterocycles. The van der Waals surface area contributed by atoms with E-state index in [0.717, 1.165) is 5.57 Å². The van der Waals surface area contributed by atoms with Gasteiger partial charge in [-0.25, -0.2) is 14.0 Å². The van der Waals surface area contributed by atoms with Gasteiger partial charge >= 0.3 is 12.1 Å². The van der Waals surface area contributed by atoms with Crippen LogP contribution in [0.4, 0.5) is 9.18 Å². The van der Waals surface area contributed by atoms with Gasteiger partial charge < -0.3 is 19.1 Å². The zero-order chi connectivity index (χ0) is 20.2. The Morgan fingerprint density at radius 2 is 2.00 bits per heavy atom. The van der Waals surface area contributed by atoms with E-state index >= 15 is 0 Å². The predicted octanol–water partition coefficient (Wildman–Crippen LogP) is 4.32. The summed E-state index contributed by atoms with van der Waals surface area (Å²) in [7, 11) is 1.18. The molecule has 0 unspecified atom stereocenters. The molecule has 1 amide bonds. The van der Waals surface area contributed by atoms with Gasteiger partial charge in [0, 0.05) is 13.1 Å². The Hall–Kier alpha value is -2.09. The zero-order valence-electron chi connectivity index (χ0n) is 15.8. The number of nitrogens with zero attached hydrogens (tertiary/aromatic N) is 1. The number of halogens is 2. The smallest absolute Gasteiger partial charge is 0.410 e. The average Bonchev–Trinajstić information content (AvgIpc) is 2.60. The normalized spacial score (nSPS) is 14.4. The predicted molar refractivity (Wildman–Crippen MR) is 101 cm³/mol. The fourth-order valence-electron chi connectivity index (χ4n) is 2.47. The summed E-state index contributed by atoms with van der Waals surface area (Å²) in [5.41, 5.74) is 0.151. The van der Waals surface area contributed by atoms with Crippen LogP contribution in [0.25, 0.3) is 0 Å². The molecule has 0 aromatic heterocycles. The van der Waals surface area contributed by atoms with E-state index in [1.807, 2.05) is 26.8 Å². The Kier molecular flexibility index (Phi) is 6.86. The lowest BCUT2D eigenvalue weighted by atomic mass is 10.1. The van der Waals surface area contributed by atoms with Crippen LogP contribution >= 0.6 is 15.9 Å². The molecule has 1 aromatic rings. The largest absolute Gasteiger partial charge is 0.487 e. The molecule has 8 heteroatoms. The van der Waals surface area contributed by atoms with E-state index in [1.54, 1.807) is 4.90 Å². The van der Waals surface area contributed by atoms with Crippen LogP contribution in [0, 0.1) is 5.82 Å². The van der Waals surface area contributed by atoms with Gasteiger partial charge in [0.1, 0.15) is 23.6 Å². The summed E-state index contributed by atoms with van der Waals surface area (Å²) in [5, 5.41) is 0. The van der Waals surface area contributed by atoms with Crippen LogP contribution in [0.2, 0.25) is 0 Å². The quantitative estimate of drug-likeness (QED) is 0.511. The van der Waals surface area contributed by atoms with Crippen molar-refractivity contribution < 1.29 is 28.2 Å². The number of carbonyl (C=O) groups excluding carboxylic acids is 2. The SMILES string of the molecule is COC(=O)c1c(F)ccc(Br)c1OCC1=CCN(C(=O)OC(C)(C)C)CC1. The third kappa shape index (κ3) is 5.69. The molecular weight excluding hydrogens is 421 g/mol. The van der Waals surface area contributed by atoms with E-state index < -0.39 is 17.4 Å². The molecule has 0 spiro atoms. The van der Waals surface area contributed by atoms with Crippen LogP contribution in [0.5, 0.6) is 5.75 Å². The monoisotopic (exact) mass is 443 g/mol. The molecule has 2 rings (SSSR count). The number of benzene rings is 1. The number of ether oxygens (including phenoxy) is 3. The minimum Gasteiger partial charge on any atom is -0.487 e. The van der Waals surface area contributed by atoms with Crippen LogP contribution in [0.15, 0.2) is 28.3 Å². The first-order valence-corrected chi connectivity index (χ1v) is 9.26. The Balaban J connectivity index is 2.04. The van der Waals surface area contributed by atoms with Crippen LogP contribution < -0.4 is 4.74 Å². The van der Waals surface area contributed by atoms with E-state index in [-0.39, 0.29) is 24.0 Å². The molecule has 1 aromatic carbocycles. The first-order valence-electron chi connectivity index (χ1n) is 8.47. The van der Waals surface area contributed by atoms with Crippen LogP contribution in [-0.4, -0.2) is 49.4 Å². The average molecular weight is 444 g/mol. The molecule has 0 bridgehead atoms. The van der Waals surface area contributed by atoms with E-state index in [1.165, 1.54) is 19.2 Å². The Labute approximate surface area is 166 Å². The summed E-state index contributed by atoms with van der Waals surface area (Å²) < 4.78 is 30.2. The number of esters is 1. The summed E-state index contributed by atoms with van der Waals surface area (Å²) in [5.74, 6) is -1.43. The molecule has 1 aliphatic rings. The number of carbonyl (C=O) groups is 2. The van der Waals surface area contributed by atoms with Crippen molar-refractivity contribution in [2.75, 3.05) is 26.8 Å². The summed E-state index contributed by atoms with van der Waals surface area (Å²) in [6, 6.07) is 2.64. The molecule has 0 N–H and O–H groups in total. The van der Waals surface area contributed by atoms with Gasteiger partial charge in [0.15, 0.2) is 5.75 Å². The van der Waals surface area contributed by atoms with Crippen molar-refractivity contribution in [3.63, 3.8) is 0 Å². The van der Waals surface area contributed by atoms with Crippen LogP contribution in [0.1, 0.15) is 37.6 Å². The molecular formula is C19H23BrFNO5. The number of hydrogen-bond acceptors (Lipinski definition) is 5. The fourth-order valence-corrected chi connectivity index (χ4v) is 2.91. The summed E-state index contributed by atoms with van der Waals surface area (Å²) in [4.78, 5) is 25.5. The van der Waals surface area contributed by atoms with Crippen molar-refractivity contribution in [2.45, 2.75) is 32.8 Å². The van der Waals surface area contributed by atoms with Gasteiger partial charge in [0.25, 0.3) is 0 Å². The highest BCUT2D eigenvalue weighted by atomic mass is 79.9. The van der Waals surface area contributed by atoms with Crippen molar-refractivity contribution in [2.24, 2.45) is 0 Å². The van der Waals surface area contributed by atoms with Crippen molar-refractivity contribution in [1.82, 2.24) is 4.90 Å². The lowest BCUT2D eigenvalue weighted by molar-refractivity contribution is 0.0263. The van der Waals surface area contributed by atoms with E-state index in [9.17, 15) is 14.0 Å². The van der Waals surface area contributed by atoms with Gasteiger partial charge in [-0.05, 0) is 60.8 Å². The first kappa shape index (κ1) is 21.2. The Morgan fingerprint density at radius 1 is 1.30 bits per heavy atom. The second kappa shape index (κ2) is 8.73. The summed E-state index contributed by atoms with van der Waals surface area (Å²) in [6.45, 7) is 6.54. The molecule has 0 radical (unpaired) electrons.